The zero-order chi connectivity index (χ0) is 21.0. The Kier molecular flexibility index (Phi) is 6.07. The zero-order valence-electron chi connectivity index (χ0n) is 16.0. The number of fused-ring (bicyclic) bond motifs is 1. The van der Waals surface area contributed by atoms with E-state index in [0.717, 1.165) is 11.8 Å². The smallest absolute Gasteiger partial charge is 0.338 e. The lowest BCUT2D eigenvalue weighted by atomic mass is 10.1. The number of carbonyl (C=O) groups excluding carboxylic acids is 2. The Morgan fingerprint density at radius 1 is 1.10 bits per heavy atom. The van der Waals surface area contributed by atoms with E-state index in [1.54, 1.807) is 30.3 Å². The van der Waals surface area contributed by atoms with E-state index in [4.69, 9.17) is 14.2 Å². The van der Waals surface area contributed by atoms with Crippen LogP contribution in [0.1, 0.15) is 28.4 Å². The second-order valence-electron chi connectivity index (χ2n) is 6.72. The van der Waals surface area contributed by atoms with Gasteiger partial charge in [0.25, 0.3) is 5.91 Å². The van der Waals surface area contributed by atoms with Crippen LogP contribution in [0.2, 0.25) is 0 Å². The van der Waals surface area contributed by atoms with Gasteiger partial charge < -0.3 is 19.5 Å². The van der Waals surface area contributed by atoms with E-state index in [2.05, 4.69) is 5.32 Å². The molecule has 0 saturated heterocycles. The van der Waals surface area contributed by atoms with Gasteiger partial charge in [0.2, 0.25) is 6.79 Å². The molecule has 0 bridgehead atoms. The fourth-order valence-electron chi connectivity index (χ4n) is 2.76. The maximum atomic E-state index is 12.3. The summed E-state index contributed by atoms with van der Waals surface area (Å²) in [5, 5.41) is 2.70. The monoisotopic (exact) mass is 419 g/mol. The van der Waals surface area contributed by atoms with Gasteiger partial charge in [-0.1, -0.05) is 18.2 Å². The van der Waals surface area contributed by atoms with Gasteiger partial charge in [-0.3, -0.25) is 4.79 Å². The lowest BCUT2D eigenvalue weighted by Gasteiger charge is -2.14. The Hall–Kier alpha value is -3.07. The Labute approximate surface area is 168 Å². The van der Waals surface area contributed by atoms with Crippen LogP contribution in [-0.2, 0) is 31.7 Å². The van der Waals surface area contributed by atoms with Crippen molar-refractivity contribution in [3.05, 3.63) is 59.2 Å². The Bertz CT molecular complexity index is 1030. The average molecular weight is 419 g/mol. The molecule has 29 heavy (non-hydrogen) atoms. The molecule has 8 nitrogen and oxygen atoms in total. The molecule has 0 spiro atoms. The van der Waals surface area contributed by atoms with Gasteiger partial charge in [-0.15, -0.1) is 0 Å². The van der Waals surface area contributed by atoms with Gasteiger partial charge in [-0.05, 0) is 42.3 Å². The second-order valence-corrected chi connectivity index (χ2v) is 8.86. The summed E-state index contributed by atoms with van der Waals surface area (Å²) in [5.41, 5.74) is 1.47. The quantitative estimate of drug-likeness (QED) is 0.682. The van der Waals surface area contributed by atoms with E-state index < -0.39 is 27.8 Å². The first kappa shape index (κ1) is 20.7. The summed E-state index contributed by atoms with van der Waals surface area (Å²) < 4.78 is 38.6. The van der Waals surface area contributed by atoms with Gasteiger partial charge >= 0.3 is 5.97 Å². The molecule has 0 fully saturated rings. The van der Waals surface area contributed by atoms with E-state index in [1.165, 1.54) is 19.1 Å². The van der Waals surface area contributed by atoms with Gasteiger partial charge in [0.05, 0.1) is 11.3 Å². The third-order valence-electron chi connectivity index (χ3n) is 4.15. The third kappa shape index (κ3) is 5.71. The lowest BCUT2D eigenvalue weighted by molar-refractivity contribution is -0.129. The summed E-state index contributed by atoms with van der Waals surface area (Å²) in [5.74, 6) is -0.0697. The maximum Gasteiger partial charge on any atom is 0.338 e. The summed E-state index contributed by atoms with van der Waals surface area (Å²) in [7, 11) is -3.23. The molecule has 0 aliphatic carbocycles. The largest absolute Gasteiger partial charge is 0.454 e. The van der Waals surface area contributed by atoms with Gasteiger partial charge in [-0.25, -0.2) is 13.2 Å². The average Bonchev–Trinajstić information content (AvgIpc) is 3.12. The number of sulfone groups is 1. The van der Waals surface area contributed by atoms with Crippen LogP contribution in [0.25, 0.3) is 0 Å². The van der Waals surface area contributed by atoms with E-state index in [9.17, 15) is 18.0 Å². The highest BCUT2D eigenvalue weighted by atomic mass is 32.2. The Morgan fingerprint density at radius 2 is 1.86 bits per heavy atom. The molecule has 0 unspecified atom stereocenters. The van der Waals surface area contributed by atoms with Crippen LogP contribution in [0, 0.1) is 0 Å². The van der Waals surface area contributed by atoms with Crippen LogP contribution in [-0.4, -0.2) is 39.4 Å². The summed E-state index contributed by atoms with van der Waals surface area (Å²) >= 11 is 0. The first-order chi connectivity index (χ1) is 13.7. The van der Waals surface area contributed by atoms with E-state index in [-0.39, 0.29) is 24.7 Å². The van der Waals surface area contributed by atoms with Gasteiger partial charge in [0.1, 0.15) is 0 Å². The minimum atomic E-state index is -3.23. The molecule has 1 amide bonds. The van der Waals surface area contributed by atoms with E-state index in [1.807, 2.05) is 0 Å². The minimum Gasteiger partial charge on any atom is -0.454 e. The SMILES string of the molecule is C[C@H](OC(=O)c1cccc(CS(C)(=O)=O)c1)C(=O)NCc1ccc2c(c1)OCO2. The molecule has 0 saturated carbocycles. The Morgan fingerprint density at radius 3 is 2.62 bits per heavy atom. The summed E-state index contributed by atoms with van der Waals surface area (Å²) in [6, 6.07) is 11.5. The number of ether oxygens (including phenoxy) is 3. The van der Waals surface area contributed by atoms with Crippen LogP contribution < -0.4 is 14.8 Å². The van der Waals surface area contributed by atoms with E-state index in [0.29, 0.717) is 17.1 Å². The molecular formula is C20H21NO7S. The summed E-state index contributed by atoms with van der Waals surface area (Å²) in [6.07, 6.45) is 0.0972. The van der Waals surface area contributed by atoms with Crippen LogP contribution in [0.5, 0.6) is 11.5 Å². The molecule has 3 rings (SSSR count). The molecule has 2 aromatic rings. The number of rotatable bonds is 7. The molecule has 0 aromatic heterocycles. The highest BCUT2D eigenvalue weighted by molar-refractivity contribution is 7.89. The van der Waals surface area contributed by atoms with Crippen molar-refractivity contribution in [1.82, 2.24) is 5.32 Å². The van der Waals surface area contributed by atoms with Crippen molar-refractivity contribution in [3.8, 4) is 11.5 Å². The zero-order valence-corrected chi connectivity index (χ0v) is 16.8. The first-order valence-electron chi connectivity index (χ1n) is 8.85. The second kappa shape index (κ2) is 8.52. The third-order valence-corrected chi connectivity index (χ3v) is 5.01. The molecule has 0 radical (unpaired) electrons. The van der Waals surface area contributed by atoms with Crippen molar-refractivity contribution in [2.45, 2.75) is 25.3 Å². The molecule has 1 aliphatic rings. The van der Waals surface area contributed by atoms with Crippen LogP contribution >= 0.6 is 0 Å². The lowest BCUT2D eigenvalue weighted by Crippen LogP contribution is -2.35. The standard InChI is InChI=1S/C20H21NO7S/c1-13(19(22)21-10-14-6-7-17-18(9-14)27-12-26-17)28-20(23)16-5-3-4-15(8-16)11-29(2,24)25/h3-9,13H,10-12H2,1-2H3,(H,21,22)/t13-/m0/s1. The van der Waals surface area contributed by atoms with Crippen molar-refractivity contribution in [3.63, 3.8) is 0 Å². The number of benzene rings is 2. The molecule has 1 atom stereocenters. The van der Waals surface area contributed by atoms with Gasteiger partial charge in [-0.2, -0.15) is 0 Å². The molecular weight excluding hydrogens is 398 g/mol. The maximum absolute atomic E-state index is 12.3. The molecule has 1 heterocycles. The van der Waals surface area contributed by atoms with Crippen molar-refractivity contribution in [2.24, 2.45) is 0 Å². The van der Waals surface area contributed by atoms with Gasteiger partial charge in [0, 0.05) is 12.8 Å². The van der Waals surface area contributed by atoms with Crippen molar-refractivity contribution in [1.29, 1.82) is 0 Å². The predicted octanol–water partition coefficient (Wildman–Crippen LogP) is 1.82. The molecule has 1 N–H and O–H groups in total. The number of carbonyl (C=O) groups is 2. The topological polar surface area (TPSA) is 108 Å². The number of esters is 1. The molecule has 9 heteroatoms. The fourth-order valence-corrected chi connectivity index (χ4v) is 3.54. The molecule has 154 valence electrons. The first-order valence-corrected chi connectivity index (χ1v) is 10.9. The minimum absolute atomic E-state index is 0.170. The number of hydrogen-bond donors (Lipinski definition) is 1. The molecule has 2 aromatic carbocycles. The van der Waals surface area contributed by atoms with E-state index >= 15 is 0 Å². The van der Waals surface area contributed by atoms with Crippen molar-refractivity contribution < 1.29 is 32.2 Å². The summed E-state index contributed by atoms with van der Waals surface area (Å²) in [6.45, 7) is 1.87. The van der Waals surface area contributed by atoms with Crippen molar-refractivity contribution >= 4 is 21.7 Å². The van der Waals surface area contributed by atoms with Gasteiger partial charge in [0.15, 0.2) is 27.4 Å². The van der Waals surface area contributed by atoms with Crippen molar-refractivity contribution in [2.75, 3.05) is 13.0 Å². The summed E-state index contributed by atoms with van der Waals surface area (Å²) in [4.78, 5) is 24.5. The predicted molar refractivity (Wildman–Crippen MR) is 104 cm³/mol. The highest BCUT2D eigenvalue weighted by Gasteiger charge is 2.20. The normalized spacial score (nSPS) is 13.6. The molecule has 1 aliphatic heterocycles. The van der Waals surface area contributed by atoms with Crippen LogP contribution in [0.15, 0.2) is 42.5 Å². The van der Waals surface area contributed by atoms with Crippen LogP contribution in [0.3, 0.4) is 0 Å². The number of amides is 1. The Balaban J connectivity index is 1.55. The highest BCUT2D eigenvalue weighted by Crippen LogP contribution is 2.32. The number of hydrogen-bond acceptors (Lipinski definition) is 7. The number of nitrogens with one attached hydrogen (secondary N) is 1. The fraction of sp³-hybridized carbons (Fsp3) is 0.300. The van der Waals surface area contributed by atoms with Crippen LogP contribution in [0.4, 0.5) is 0 Å².